The van der Waals surface area contributed by atoms with Gasteiger partial charge in [0, 0.05) is 67.7 Å². The number of rotatable bonds is 4. The van der Waals surface area contributed by atoms with Gasteiger partial charge in [0.15, 0.2) is 0 Å². The van der Waals surface area contributed by atoms with E-state index >= 15 is 0 Å². The number of amides is 1. The maximum atomic E-state index is 13.1. The molecule has 4 heterocycles. The van der Waals surface area contributed by atoms with Gasteiger partial charge in [0.05, 0.1) is 18.9 Å². The van der Waals surface area contributed by atoms with Gasteiger partial charge in [0.25, 0.3) is 0 Å². The summed E-state index contributed by atoms with van der Waals surface area (Å²) in [6, 6.07) is 4.01. The summed E-state index contributed by atoms with van der Waals surface area (Å²) in [4.78, 5) is 31.5. The minimum absolute atomic E-state index is 0.220. The number of ether oxygens (including phenoxy) is 1. The smallest absolute Gasteiger partial charge is 0.225 e. The highest BCUT2D eigenvalue weighted by Crippen LogP contribution is 2.35. The molecule has 0 spiro atoms. The van der Waals surface area contributed by atoms with Crippen LogP contribution in [0.4, 0.5) is 5.95 Å². The zero-order valence-corrected chi connectivity index (χ0v) is 18.1. The standard InChI is InChI=1S/C24H31N5O2/c30-23(18-5-1-2-6-18)29-10-4-8-20(17-29)22-21(19-7-3-9-25-15-19)16-26-24(27-22)28-11-13-31-14-12-28/h3,7,9,15-16,18,20H,1-2,4-6,8,10-14,17H2. The van der Waals surface area contributed by atoms with Crippen molar-refractivity contribution < 1.29 is 9.53 Å². The molecule has 0 aromatic carbocycles. The van der Waals surface area contributed by atoms with Gasteiger partial charge in [0.1, 0.15) is 0 Å². The fraction of sp³-hybridized carbons (Fsp3) is 0.583. The van der Waals surface area contributed by atoms with Crippen LogP contribution in [-0.4, -0.2) is 65.2 Å². The Balaban J connectivity index is 1.45. The number of hydrogen-bond donors (Lipinski definition) is 0. The molecule has 2 aliphatic heterocycles. The van der Waals surface area contributed by atoms with Crippen molar-refractivity contribution >= 4 is 11.9 Å². The van der Waals surface area contributed by atoms with E-state index in [1.165, 1.54) is 12.8 Å². The van der Waals surface area contributed by atoms with Crippen LogP contribution in [0, 0.1) is 5.92 Å². The Labute approximate surface area is 183 Å². The van der Waals surface area contributed by atoms with Crippen LogP contribution < -0.4 is 4.90 Å². The van der Waals surface area contributed by atoms with Gasteiger partial charge in [-0.05, 0) is 31.7 Å². The number of piperidine rings is 1. The Morgan fingerprint density at radius 3 is 2.65 bits per heavy atom. The first-order chi connectivity index (χ1) is 15.3. The molecule has 7 heteroatoms. The lowest BCUT2D eigenvalue weighted by Gasteiger charge is -2.35. The Hall–Kier alpha value is -2.54. The average Bonchev–Trinajstić information content (AvgIpc) is 3.39. The van der Waals surface area contributed by atoms with Crippen molar-refractivity contribution in [2.75, 3.05) is 44.3 Å². The van der Waals surface area contributed by atoms with Crippen molar-refractivity contribution in [3.8, 4) is 11.1 Å². The third-order valence-electron chi connectivity index (χ3n) is 6.90. The predicted octanol–water partition coefficient (Wildman–Crippen LogP) is 3.27. The van der Waals surface area contributed by atoms with Gasteiger partial charge in [-0.15, -0.1) is 0 Å². The summed E-state index contributed by atoms with van der Waals surface area (Å²) >= 11 is 0. The number of anilines is 1. The summed E-state index contributed by atoms with van der Waals surface area (Å²) < 4.78 is 5.50. The minimum atomic E-state index is 0.220. The molecule has 0 bridgehead atoms. The van der Waals surface area contributed by atoms with E-state index in [1.54, 1.807) is 6.20 Å². The van der Waals surface area contributed by atoms with Crippen LogP contribution in [0.3, 0.4) is 0 Å². The topological polar surface area (TPSA) is 71.5 Å². The molecule has 2 aromatic heterocycles. The predicted molar refractivity (Wildman–Crippen MR) is 119 cm³/mol. The van der Waals surface area contributed by atoms with E-state index in [9.17, 15) is 4.79 Å². The summed E-state index contributed by atoms with van der Waals surface area (Å²) in [5, 5.41) is 0. The molecule has 31 heavy (non-hydrogen) atoms. The number of morpholine rings is 1. The number of pyridine rings is 1. The molecule has 1 saturated carbocycles. The molecule has 7 nitrogen and oxygen atoms in total. The molecule has 1 unspecified atom stereocenters. The summed E-state index contributed by atoms with van der Waals surface area (Å²) in [7, 11) is 0. The number of likely N-dealkylation sites (tertiary alicyclic amines) is 1. The van der Waals surface area contributed by atoms with Gasteiger partial charge < -0.3 is 14.5 Å². The lowest BCUT2D eigenvalue weighted by atomic mass is 9.89. The van der Waals surface area contributed by atoms with Crippen molar-refractivity contribution in [1.82, 2.24) is 19.9 Å². The van der Waals surface area contributed by atoms with Crippen LogP contribution in [0.25, 0.3) is 11.1 Å². The maximum absolute atomic E-state index is 13.1. The van der Waals surface area contributed by atoms with E-state index in [1.807, 2.05) is 18.5 Å². The highest BCUT2D eigenvalue weighted by molar-refractivity contribution is 5.79. The van der Waals surface area contributed by atoms with Crippen molar-refractivity contribution in [1.29, 1.82) is 0 Å². The molecular formula is C24H31N5O2. The fourth-order valence-corrected chi connectivity index (χ4v) is 5.19. The SMILES string of the molecule is O=C(C1CCCC1)N1CCCC(c2nc(N3CCOCC3)ncc2-c2cccnc2)C1. The van der Waals surface area contributed by atoms with Crippen LogP contribution in [0.2, 0.25) is 0 Å². The summed E-state index contributed by atoms with van der Waals surface area (Å²) in [6.45, 7) is 4.65. The molecule has 3 fully saturated rings. The highest BCUT2D eigenvalue weighted by Gasteiger charge is 2.33. The zero-order valence-electron chi connectivity index (χ0n) is 18.1. The molecular weight excluding hydrogens is 390 g/mol. The van der Waals surface area contributed by atoms with E-state index < -0.39 is 0 Å². The van der Waals surface area contributed by atoms with Gasteiger partial charge >= 0.3 is 0 Å². The summed E-state index contributed by atoms with van der Waals surface area (Å²) in [5.41, 5.74) is 3.11. The lowest BCUT2D eigenvalue weighted by molar-refractivity contribution is -0.136. The van der Waals surface area contributed by atoms with Crippen molar-refractivity contribution in [2.45, 2.75) is 44.4 Å². The highest BCUT2D eigenvalue weighted by atomic mass is 16.5. The van der Waals surface area contributed by atoms with Gasteiger partial charge in [-0.25, -0.2) is 9.97 Å². The van der Waals surface area contributed by atoms with Crippen LogP contribution in [-0.2, 0) is 9.53 Å². The molecule has 2 saturated heterocycles. The lowest BCUT2D eigenvalue weighted by Crippen LogP contribution is -2.42. The Morgan fingerprint density at radius 1 is 1.03 bits per heavy atom. The van der Waals surface area contributed by atoms with E-state index in [4.69, 9.17) is 14.7 Å². The van der Waals surface area contributed by atoms with Gasteiger partial charge in [-0.1, -0.05) is 18.9 Å². The van der Waals surface area contributed by atoms with E-state index in [2.05, 4.69) is 20.9 Å². The third kappa shape index (κ3) is 4.42. The second-order valence-corrected chi connectivity index (χ2v) is 8.91. The van der Waals surface area contributed by atoms with E-state index in [0.29, 0.717) is 19.1 Å². The second kappa shape index (κ2) is 9.30. The van der Waals surface area contributed by atoms with Crippen LogP contribution in [0.1, 0.15) is 50.1 Å². The molecule has 0 N–H and O–H groups in total. The Bertz CT molecular complexity index is 894. The first kappa shape index (κ1) is 20.4. The molecule has 1 amide bonds. The number of carbonyl (C=O) groups is 1. The Kier molecular flexibility index (Phi) is 6.11. The second-order valence-electron chi connectivity index (χ2n) is 8.91. The third-order valence-corrected chi connectivity index (χ3v) is 6.90. The average molecular weight is 422 g/mol. The summed E-state index contributed by atoms with van der Waals surface area (Å²) in [6.07, 6.45) is 12.2. The normalized spacial score (nSPS) is 22.6. The van der Waals surface area contributed by atoms with Crippen molar-refractivity contribution in [3.63, 3.8) is 0 Å². The van der Waals surface area contributed by atoms with Crippen LogP contribution >= 0.6 is 0 Å². The summed E-state index contributed by atoms with van der Waals surface area (Å²) in [5.74, 6) is 1.57. The number of carbonyl (C=O) groups excluding carboxylic acids is 1. The molecule has 5 rings (SSSR count). The van der Waals surface area contributed by atoms with Crippen molar-refractivity contribution in [2.24, 2.45) is 5.92 Å². The molecule has 0 radical (unpaired) electrons. The molecule has 2 aromatic rings. The minimum Gasteiger partial charge on any atom is -0.378 e. The van der Waals surface area contributed by atoms with E-state index in [-0.39, 0.29) is 11.8 Å². The molecule has 3 aliphatic rings. The van der Waals surface area contributed by atoms with E-state index in [0.717, 1.165) is 74.6 Å². The monoisotopic (exact) mass is 421 g/mol. The quantitative estimate of drug-likeness (QED) is 0.755. The molecule has 1 atom stereocenters. The van der Waals surface area contributed by atoms with Gasteiger partial charge in [-0.3, -0.25) is 9.78 Å². The Morgan fingerprint density at radius 2 is 1.87 bits per heavy atom. The first-order valence-electron chi connectivity index (χ1n) is 11.7. The largest absolute Gasteiger partial charge is 0.378 e. The molecule has 1 aliphatic carbocycles. The number of hydrogen-bond acceptors (Lipinski definition) is 6. The first-order valence-corrected chi connectivity index (χ1v) is 11.7. The maximum Gasteiger partial charge on any atom is 0.225 e. The number of nitrogens with zero attached hydrogens (tertiary/aromatic N) is 5. The van der Waals surface area contributed by atoms with Crippen LogP contribution in [0.5, 0.6) is 0 Å². The van der Waals surface area contributed by atoms with Crippen LogP contribution in [0.15, 0.2) is 30.7 Å². The number of aromatic nitrogens is 3. The van der Waals surface area contributed by atoms with Gasteiger partial charge in [0.2, 0.25) is 11.9 Å². The zero-order chi connectivity index (χ0) is 21.0. The van der Waals surface area contributed by atoms with Gasteiger partial charge in [-0.2, -0.15) is 0 Å². The fourth-order valence-electron chi connectivity index (χ4n) is 5.19. The molecule has 164 valence electrons. The van der Waals surface area contributed by atoms with Crippen molar-refractivity contribution in [3.05, 3.63) is 36.4 Å².